The molecule has 30 heavy (non-hydrogen) atoms. The molecule has 156 valence electrons. The number of furan rings is 1. The molecule has 0 spiro atoms. The van der Waals surface area contributed by atoms with Gasteiger partial charge in [-0.15, -0.1) is 0 Å². The fourth-order valence-corrected chi connectivity index (χ4v) is 3.03. The van der Waals surface area contributed by atoms with Crippen LogP contribution in [0.2, 0.25) is 0 Å². The van der Waals surface area contributed by atoms with Gasteiger partial charge >= 0.3 is 5.97 Å². The van der Waals surface area contributed by atoms with E-state index in [0.717, 1.165) is 11.1 Å². The first kappa shape index (κ1) is 21.3. The van der Waals surface area contributed by atoms with E-state index in [2.05, 4.69) is 0 Å². The third kappa shape index (κ3) is 5.34. The lowest BCUT2D eigenvalue weighted by molar-refractivity contribution is -0.116. The first-order valence-corrected chi connectivity index (χ1v) is 9.46. The van der Waals surface area contributed by atoms with Crippen molar-refractivity contribution in [3.05, 3.63) is 89.4 Å². The van der Waals surface area contributed by atoms with Gasteiger partial charge in [0.2, 0.25) is 11.7 Å². The smallest absolute Gasteiger partial charge is 0.371 e. The Hall–Kier alpha value is -3.42. The summed E-state index contributed by atoms with van der Waals surface area (Å²) >= 11 is 0. The molecule has 2 aromatic carbocycles. The molecule has 0 fully saturated rings. The summed E-state index contributed by atoms with van der Waals surface area (Å²) in [5, 5.41) is 19.4. The summed E-state index contributed by atoms with van der Waals surface area (Å²) < 4.78 is 10.6. The standard InChI is InChI=1S/C23H23NO6/c1-16(25)24(13-14-29-15-20-11-12-21(30-20)23(27)28)19-9-7-18(8-10-19)22(26)17-5-3-2-4-6-17/h2-12,22,26H,13-15H2,1H3,(H,27,28). The van der Waals surface area contributed by atoms with Crippen LogP contribution in [0, 0.1) is 0 Å². The highest BCUT2D eigenvalue weighted by Gasteiger charge is 2.14. The van der Waals surface area contributed by atoms with Crippen molar-refractivity contribution in [2.75, 3.05) is 18.1 Å². The summed E-state index contributed by atoms with van der Waals surface area (Å²) in [7, 11) is 0. The van der Waals surface area contributed by atoms with Crippen LogP contribution in [0.5, 0.6) is 0 Å². The fourth-order valence-electron chi connectivity index (χ4n) is 3.03. The Morgan fingerprint density at radius 3 is 2.27 bits per heavy atom. The Labute approximate surface area is 174 Å². The second-order valence-corrected chi connectivity index (χ2v) is 6.70. The van der Waals surface area contributed by atoms with E-state index in [-0.39, 0.29) is 24.9 Å². The van der Waals surface area contributed by atoms with Gasteiger partial charge in [-0.1, -0.05) is 42.5 Å². The predicted molar refractivity (Wildman–Crippen MR) is 110 cm³/mol. The molecule has 0 saturated carbocycles. The van der Waals surface area contributed by atoms with E-state index in [9.17, 15) is 14.7 Å². The number of ether oxygens (including phenoxy) is 1. The minimum atomic E-state index is -1.13. The van der Waals surface area contributed by atoms with Gasteiger partial charge in [0.25, 0.3) is 0 Å². The number of aromatic carboxylic acids is 1. The predicted octanol–water partition coefficient (Wildman–Crippen LogP) is 3.63. The molecule has 1 heterocycles. The number of benzene rings is 2. The summed E-state index contributed by atoms with van der Waals surface area (Å²) in [4.78, 5) is 24.5. The summed E-state index contributed by atoms with van der Waals surface area (Å²) in [6.07, 6.45) is -0.738. The average molecular weight is 409 g/mol. The van der Waals surface area contributed by atoms with Crippen molar-refractivity contribution in [1.82, 2.24) is 0 Å². The number of aliphatic hydroxyl groups excluding tert-OH is 1. The van der Waals surface area contributed by atoms with Crippen LogP contribution in [0.25, 0.3) is 0 Å². The molecule has 1 unspecified atom stereocenters. The van der Waals surface area contributed by atoms with Gasteiger partial charge < -0.3 is 24.3 Å². The van der Waals surface area contributed by atoms with E-state index in [1.165, 1.54) is 13.0 Å². The monoisotopic (exact) mass is 409 g/mol. The molecule has 0 saturated heterocycles. The maximum absolute atomic E-state index is 12.1. The number of hydrogen-bond donors (Lipinski definition) is 2. The van der Waals surface area contributed by atoms with E-state index in [1.54, 1.807) is 35.2 Å². The van der Waals surface area contributed by atoms with Crippen molar-refractivity contribution < 1.29 is 29.0 Å². The SMILES string of the molecule is CC(=O)N(CCOCc1ccc(C(=O)O)o1)c1ccc(C(O)c2ccccc2)cc1. The van der Waals surface area contributed by atoms with E-state index >= 15 is 0 Å². The van der Waals surface area contributed by atoms with Crippen molar-refractivity contribution in [2.24, 2.45) is 0 Å². The zero-order valence-electron chi connectivity index (χ0n) is 16.5. The number of hydrogen-bond acceptors (Lipinski definition) is 5. The summed E-state index contributed by atoms with van der Waals surface area (Å²) in [5.41, 5.74) is 2.23. The number of rotatable bonds is 9. The zero-order chi connectivity index (χ0) is 21.5. The summed E-state index contributed by atoms with van der Waals surface area (Å²) in [5.74, 6) is -1.01. The third-order valence-corrected chi connectivity index (χ3v) is 4.59. The molecule has 7 heteroatoms. The van der Waals surface area contributed by atoms with Crippen LogP contribution in [0.1, 0.15) is 40.5 Å². The number of amides is 1. The van der Waals surface area contributed by atoms with Gasteiger partial charge in [0.15, 0.2) is 0 Å². The molecule has 3 aromatic rings. The Kier molecular flexibility index (Phi) is 7.00. The lowest BCUT2D eigenvalue weighted by Gasteiger charge is -2.22. The second-order valence-electron chi connectivity index (χ2n) is 6.70. The highest BCUT2D eigenvalue weighted by atomic mass is 16.5. The summed E-state index contributed by atoms with van der Waals surface area (Å²) in [6, 6.07) is 19.4. The molecule has 7 nitrogen and oxygen atoms in total. The summed E-state index contributed by atoms with van der Waals surface area (Å²) in [6.45, 7) is 2.15. The number of carbonyl (C=O) groups excluding carboxylic acids is 1. The van der Waals surface area contributed by atoms with E-state index in [4.69, 9.17) is 14.3 Å². The van der Waals surface area contributed by atoms with Crippen LogP contribution in [-0.4, -0.2) is 35.2 Å². The molecular formula is C23H23NO6. The van der Waals surface area contributed by atoms with Crippen LogP contribution in [0.15, 0.2) is 71.1 Å². The number of nitrogens with zero attached hydrogens (tertiary/aromatic N) is 1. The van der Waals surface area contributed by atoms with E-state index < -0.39 is 12.1 Å². The Balaban J connectivity index is 1.57. The minimum Gasteiger partial charge on any atom is -0.475 e. The van der Waals surface area contributed by atoms with E-state index in [1.807, 2.05) is 30.3 Å². The first-order chi connectivity index (χ1) is 14.5. The van der Waals surface area contributed by atoms with Crippen molar-refractivity contribution in [3.63, 3.8) is 0 Å². The lowest BCUT2D eigenvalue weighted by atomic mass is 10.0. The van der Waals surface area contributed by atoms with Gasteiger partial charge in [0, 0.05) is 19.2 Å². The molecule has 0 aliphatic rings. The van der Waals surface area contributed by atoms with Crippen molar-refractivity contribution in [3.8, 4) is 0 Å². The second kappa shape index (κ2) is 9.87. The largest absolute Gasteiger partial charge is 0.475 e. The average Bonchev–Trinajstić information content (AvgIpc) is 3.23. The molecule has 1 aromatic heterocycles. The first-order valence-electron chi connectivity index (χ1n) is 9.46. The van der Waals surface area contributed by atoms with Crippen molar-refractivity contribution in [2.45, 2.75) is 19.6 Å². The molecule has 0 aliphatic carbocycles. The normalized spacial score (nSPS) is 11.8. The third-order valence-electron chi connectivity index (χ3n) is 4.59. The Bertz CT molecular complexity index is 980. The maximum atomic E-state index is 12.1. The molecule has 1 amide bonds. The quantitative estimate of drug-likeness (QED) is 0.524. The number of aliphatic hydroxyl groups is 1. The van der Waals surface area contributed by atoms with Crippen molar-refractivity contribution in [1.29, 1.82) is 0 Å². The fraction of sp³-hybridized carbons (Fsp3) is 0.217. The van der Waals surface area contributed by atoms with E-state index in [0.29, 0.717) is 18.0 Å². The molecule has 0 bridgehead atoms. The van der Waals surface area contributed by atoms with Gasteiger partial charge in [-0.2, -0.15) is 0 Å². The van der Waals surface area contributed by atoms with Gasteiger partial charge in [0.05, 0.1) is 6.61 Å². The zero-order valence-corrected chi connectivity index (χ0v) is 16.5. The number of carboxylic acid groups (broad SMARTS) is 1. The molecule has 0 aliphatic heterocycles. The maximum Gasteiger partial charge on any atom is 0.371 e. The lowest BCUT2D eigenvalue weighted by Crippen LogP contribution is -2.32. The molecule has 3 rings (SSSR count). The topological polar surface area (TPSA) is 100 Å². The van der Waals surface area contributed by atoms with Crippen molar-refractivity contribution >= 4 is 17.6 Å². The number of anilines is 1. The number of carboxylic acids is 1. The van der Waals surface area contributed by atoms with Crippen LogP contribution < -0.4 is 4.90 Å². The van der Waals surface area contributed by atoms with Gasteiger partial charge in [-0.3, -0.25) is 4.79 Å². The highest BCUT2D eigenvalue weighted by molar-refractivity contribution is 5.91. The molecular weight excluding hydrogens is 386 g/mol. The van der Waals surface area contributed by atoms with Crippen LogP contribution in [0.3, 0.4) is 0 Å². The molecule has 2 N–H and O–H groups in total. The van der Waals surface area contributed by atoms with Crippen LogP contribution in [-0.2, 0) is 16.1 Å². The number of carbonyl (C=O) groups is 2. The van der Waals surface area contributed by atoms with Crippen LogP contribution in [0.4, 0.5) is 5.69 Å². The highest BCUT2D eigenvalue weighted by Crippen LogP contribution is 2.24. The Morgan fingerprint density at radius 1 is 1.00 bits per heavy atom. The van der Waals surface area contributed by atoms with Gasteiger partial charge in [-0.25, -0.2) is 4.79 Å². The minimum absolute atomic E-state index is 0.112. The Morgan fingerprint density at radius 2 is 1.67 bits per heavy atom. The van der Waals surface area contributed by atoms with Gasteiger partial charge in [0.1, 0.15) is 18.5 Å². The molecule has 0 radical (unpaired) electrons. The van der Waals surface area contributed by atoms with Gasteiger partial charge in [-0.05, 0) is 35.4 Å². The molecule has 1 atom stereocenters. The van der Waals surface area contributed by atoms with Crippen LogP contribution >= 0.6 is 0 Å².